The minimum Gasteiger partial charge on any atom is -0.465 e. The minimum absolute atomic E-state index is 0.0878. The van der Waals surface area contributed by atoms with Gasteiger partial charge < -0.3 is 15.7 Å². The molecule has 24 heavy (non-hydrogen) atoms. The minimum atomic E-state index is -0.889. The Kier molecular flexibility index (Phi) is 4.30. The Morgan fingerprint density at radius 2 is 2.12 bits per heavy atom. The number of aromatic nitrogens is 4. The molecule has 3 N–H and O–H groups in total. The Bertz CT molecular complexity index is 784. The van der Waals surface area contributed by atoms with E-state index in [1.54, 1.807) is 4.90 Å². The third-order valence-corrected chi connectivity index (χ3v) is 5.28. The summed E-state index contributed by atoms with van der Waals surface area (Å²) in [7, 11) is 0. The van der Waals surface area contributed by atoms with E-state index >= 15 is 0 Å². The fraction of sp³-hybridized carbons (Fsp3) is 0.600. The van der Waals surface area contributed by atoms with Crippen molar-refractivity contribution in [2.45, 2.75) is 45.7 Å². The van der Waals surface area contributed by atoms with Crippen molar-refractivity contribution in [3.8, 4) is 0 Å². The predicted octanol–water partition coefficient (Wildman–Crippen LogP) is 2.74. The number of nitrogen functional groups attached to an aromatic ring is 1. The molecule has 1 unspecified atom stereocenters. The van der Waals surface area contributed by atoms with Crippen LogP contribution in [0, 0.1) is 9.12 Å². The zero-order valence-corrected chi connectivity index (χ0v) is 16.1. The number of nitrogens with two attached hydrogens (primary N) is 1. The molecule has 130 valence electrons. The van der Waals surface area contributed by atoms with Gasteiger partial charge in [-0.25, -0.2) is 19.4 Å². The third-order valence-electron chi connectivity index (χ3n) is 4.52. The summed E-state index contributed by atoms with van der Waals surface area (Å²) in [6.07, 6.45) is 2.18. The van der Waals surface area contributed by atoms with Crippen molar-refractivity contribution < 1.29 is 9.90 Å². The summed E-state index contributed by atoms with van der Waals surface area (Å²) in [5.74, 6) is 0.397. The Labute approximate surface area is 153 Å². The van der Waals surface area contributed by atoms with Gasteiger partial charge >= 0.3 is 6.09 Å². The standard InChI is InChI=1S/C15H21IN6O2/c1-15(2,3)10-8(5-4-6-21(10)14(23)24)22-13-9(11(16)20-22)12(17)18-7-19-13/h7-8,10H,4-6H2,1-3H3,(H,23,24)(H2,17,18,19)/t8?,10-/m0/s1. The first-order valence-electron chi connectivity index (χ1n) is 7.85. The van der Waals surface area contributed by atoms with Gasteiger partial charge in [-0.15, -0.1) is 0 Å². The molecule has 9 heteroatoms. The maximum absolute atomic E-state index is 11.8. The Morgan fingerprint density at radius 3 is 2.75 bits per heavy atom. The monoisotopic (exact) mass is 444 g/mol. The van der Waals surface area contributed by atoms with Gasteiger partial charge in [0.15, 0.2) is 5.65 Å². The normalized spacial score (nSPS) is 22.1. The largest absolute Gasteiger partial charge is 0.465 e. The van der Waals surface area contributed by atoms with E-state index in [2.05, 4.69) is 58.4 Å². The van der Waals surface area contributed by atoms with Crippen molar-refractivity contribution in [2.24, 2.45) is 5.41 Å². The van der Waals surface area contributed by atoms with Crippen molar-refractivity contribution in [2.75, 3.05) is 12.3 Å². The van der Waals surface area contributed by atoms with Crippen LogP contribution in [0.1, 0.15) is 39.7 Å². The molecule has 1 fully saturated rings. The highest BCUT2D eigenvalue weighted by Crippen LogP contribution is 2.40. The lowest BCUT2D eigenvalue weighted by molar-refractivity contribution is 0.0247. The second kappa shape index (κ2) is 6.01. The first kappa shape index (κ1) is 17.2. The van der Waals surface area contributed by atoms with Crippen LogP contribution >= 0.6 is 22.6 Å². The van der Waals surface area contributed by atoms with Crippen molar-refractivity contribution in [3.63, 3.8) is 0 Å². The summed E-state index contributed by atoms with van der Waals surface area (Å²) in [6, 6.07) is -0.283. The van der Waals surface area contributed by atoms with Crippen molar-refractivity contribution >= 4 is 45.5 Å². The zero-order chi connectivity index (χ0) is 17.6. The van der Waals surface area contributed by atoms with Gasteiger partial charge in [-0.2, -0.15) is 5.10 Å². The summed E-state index contributed by atoms with van der Waals surface area (Å²) in [5, 5.41) is 15.0. The van der Waals surface area contributed by atoms with E-state index in [4.69, 9.17) is 5.73 Å². The number of carbonyl (C=O) groups is 1. The number of likely N-dealkylation sites (tertiary alicyclic amines) is 1. The molecule has 0 radical (unpaired) electrons. The van der Waals surface area contributed by atoms with Crippen LogP contribution in [-0.2, 0) is 0 Å². The Morgan fingerprint density at radius 1 is 1.42 bits per heavy atom. The fourth-order valence-electron chi connectivity index (χ4n) is 3.67. The van der Waals surface area contributed by atoms with Crippen LogP contribution in [0.5, 0.6) is 0 Å². The molecule has 2 aromatic rings. The quantitative estimate of drug-likeness (QED) is 0.655. The van der Waals surface area contributed by atoms with E-state index in [1.807, 2.05) is 4.68 Å². The summed E-state index contributed by atoms with van der Waals surface area (Å²) in [4.78, 5) is 21.7. The van der Waals surface area contributed by atoms with Crippen molar-refractivity contribution in [3.05, 3.63) is 10.0 Å². The number of halogens is 1. The van der Waals surface area contributed by atoms with E-state index < -0.39 is 6.09 Å². The van der Waals surface area contributed by atoms with Crippen molar-refractivity contribution in [1.29, 1.82) is 0 Å². The first-order chi connectivity index (χ1) is 11.2. The highest BCUT2D eigenvalue weighted by atomic mass is 127. The van der Waals surface area contributed by atoms with Crippen molar-refractivity contribution in [1.82, 2.24) is 24.6 Å². The molecule has 0 bridgehead atoms. The molecule has 2 atom stereocenters. The maximum Gasteiger partial charge on any atom is 0.407 e. The molecule has 3 rings (SSSR count). The van der Waals surface area contributed by atoms with Crippen LogP contribution < -0.4 is 5.73 Å². The first-order valence-corrected chi connectivity index (χ1v) is 8.93. The van der Waals surface area contributed by atoms with E-state index in [9.17, 15) is 9.90 Å². The number of fused-ring (bicyclic) bond motifs is 1. The highest BCUT2D eigenvalue weighted by Gasteiger charge is 2.43. The number of hydrogen-bond donors (Lipinski definition) is 2. The number of rotatable bonds is 1. The average molecular weight is 444 g/mol. The molecule has 2 aromatic heterocycles. The fourth-order valence-corrected chi connectivity index (χ4v) is 4.42. The van der Waals surface area contributed by atoms with Crippen LogP contribution in [0.15, 0.2) is 6.33 Å². The van der Waals surface area contributed by atoms with E-state index in [0.29, 0.717) is 18.0 Å². The topological polar surface area (TPSA) is 110 Å². The number of nitrogens with zero attached hydrogens (tertiary/aromatic N) is 5. The van der Waals surface area contributed by atoms with E-state index in [0.717, 1.165) is 21.9 Å². The second-order valence-electron chi connectivity index (χ2n) is 7.19. The van der Waals surface area contributed by atoms with Crippen LogP contribution in [-0.4, -0.2) is 48.4 Å². The molecule has 8 nitrogen and oxygen atoms in total. The average Bonchev–Trinajstić information content (AvgIpc) is 2.84. The molecule has 1 saturated heterocycles. The predicted molar refractivity (Wildman–Crippen MR) is 98.7 cm³/mol. The summed E-state index contributed by atoms with van der Waals surface area (Å²) < 4.78 is 2.58. The summed E-state index contributed by atoms with van der Waals surface area (Å²) in [5.41, 5.74) is 6.42. The summed E-state index contributed by atoms with van der Waals surface area (Å²) >= 11 is 2.13. The molecular weight excluding hydrogens is 423 g/mol. The van der Waals surface area contributed by atoms with Gasteiger partial charge in [0.1, 0.15) is 15.8 Å². The maximum atomic E-state index is 11.8. The molecular formula is C15H21IN6O2. The molecule has 3 heterocycles. The van der Waals surface area contributed by atoms with Gasteiger partial charge in [-0.05, 0) is 40.8 Å². The van der Waals surface area contributed by atoms with Gasteiger partial charge in [-0.1, -0.05) is 20.8 Å². The van der Waals surface area contributed by atoms with E-state index in [-0.39, 0.29) is 17.5 Å². The van der Waals surface area contributed by atoms with Gasteiger partial charge in [0.05, 0.1) is 17.5 Å². The van der Waals surface area contributed by atoms with Crippen LogP contribution in [0.25, 0.3) is 11.0 Å². The lowest BCUT2D eigenvalue weighted by Crippen LogP contribution is -2.54. The third kappa shape index (κ3) is 2.78. The van der Waals surface area contributed by atoms with Gasteiger partial charge in [0, 0.05) is 6.54 Å². The highest BCUT2D eigenvalue weighted by molar-refractivity contribution is 14.1. The molecule has 1 aliphatic heterocycles. The number of piperidine rings is 1. The number of amides is 1. The molecule has 0 aromatic carbocycles. The number of anilines is 1. The van der Waals surface area contributed by atoms with Crippen LogP contribution in [0.4, 0.5) is 10.6 Å². The van der Waals surface area contributed by atoms with Gasteiger partial charge in [0.2, 0.25) is 0 Å². The molecule has 0 aliphatic carbocycles. The summed E-state index contributed by atoms with van der Waals surface area (Å²) in [6.45, 7) is 6.73. The SMILES string of the molecule is CC(C)(C)[C@@H]1C(n2nc(I)c3c(N)ncnc32)CCCN1C(=O)O. The van der Waals surface area contributed by atoms with Crippen LogP contribution in [0.2, 0.25) is 0 Å². The van der Waals surface area contributed by atoms with Crippen LogP contribution in [0.3, 0.4) is 0 Å². The molecule has 0 saturated carbocycles. The number of carboxylic acid groups (broad SMARTS) is 1. The number of hydrogen-bond acceptors (Lipinski definition) is 5. The lowest BCUT2D eigenvalue weighted by atomic mass is 9.77. The second-order valence-corrected chi connectivity index (χ2v) is 8.21. The molecule has 1 amide bonds. The zero-order valence-electron chi connectivity index (χ0n) is 13.9. The Balaban J connectivity index is 2.16. The molecule has 1 aliphatic rings. The molecule has 0 spiro atoms. The Hall–Kier alpha value is -1.65. The van der Waals surface area contributed by atoms with Gasteiger partial charge in [-0.3, -0.25) is 0 Å². The van der Waals surface area contributed by atoms with Gasteiger partial charge in [0.25, 0.3) is 0 Å². The van der Waals surface area contributed by atoms with E-state index in [1.165, 1.54) is 6.33 Å². The lowest BCUT2D eigenvalue weighted by Gasteiger charge is -2.46. The smallest absolute Gasteiger partial charge is 0.407 e.